The highest BCUT2D eigenvalue weighted by Crippen LogP contribution is 2.28. The van der Waals surface area contributed by atoms with Gasteiger partial charge in [-0.05, 0) is 18.2 Å². The molecule has 0 aromatic carbocycles. The molecular weight excluding hydrogens is 204 g/mol. The Hall–Kier alpha value is -2.43. The number of nitrogens with two attached hydrogens (primary N) is 1. The van der Waals surface area contributed by atoms with Gasteiger partial charge in [0, 0.05) is 29.5 Å². The SMILES string of the molecule is NC(=O)n1ccc2c3cccnc3nc-2c1. The molecule has 3 rings (SSSR count). The van der Waals surface area contributed by atoms with E-state index in [1.807, 2.05) is 18.2 Å². The predicted octanol–water partition coefficient (Wildman–Crippen LogP) is 1.46. The first-order valence-electron chi connectivity index (χ1n) is 4.78. The van der Waals surface area contributed by atoms with Crippen molar-refractivity contribution in [2.75, 3.05) is 0 Å². The van der Waals surface area contributed by atoms with Crippen molar-refractivity contribution < 1.29 is 4.79 Å². The summed E-state index contributed by atoms with van der Waals surface area (Å²) in [6.45, 7) is 0. The van der Waals surface area contributed by atoms with Crippen LogP contribution in [0.4, 0.5) is 4.79 Å². The number of amides is 1. The molecule has 5 nitrogen and oxygen atoms in total. The minimum atomic E-state index is -0.526. The Bertz CT molecular complexity index is 658. The van der Waals surface area contributed by atoms with Crippen LogP contribution in [0.25, 0.3) is 22.3 Å². The van der Waals surface area contributed by atoms with Gasteiger partial charge in [0.1, 0.15) is 0 Å². The maximum atomic E-state index is 11.0. The summed E-state index contributed by atoms with van der Waals surface area (Å²) in [7, 11) is 0. The number of carbonyl (C=O) groups excluding carboxylic acids is 1. The molecule has 2 aliphatic rings. The molecule has 78 valence electrons. The van der Waals surface area contributed by atoms with Crippen molar-refractivity contribution in [2.45, 2.75) is 0 Å². The zero-order chi connectivity index (χ0) is 11.1. The van der Waals surface area contributed by atoms with Gasteiger partial charge < -0.3 is 5.73 Å². The van der Waals surface area contributed by atoms with Gasteiger partial charge in [0.25, 0.3) is 0 Å². The normalized spacial score (nSPS) is 11.0. The summed E-state index contributed by atoms with van der Waals surface area (Å²) < 4.78 is 1.30. The van der Waals surface area contributed by atoms with E-state index in [2.05, 4.69) is 9.97 Å². The largest absolute Gasteiger partial charge is 0.351 e. The smallest absolute Gasteiger partial charge is 0.322 e. The second-order valence-electron chi connectivity index (χ2n) is 3.48. The fourth-order valence-corrected chi connectivity index (χ4v) is 1.75. The molecule has 2 aliphatic heterocycles. The van der Waals surface area contributed by atoms with Crippen LogP contribution in [-0.4, -0.2) is 20.6 Å². The Morgan fingerprint density at radius 2 is 2.25 bits per heavy atom. The van der Waals surface area contributed by atoms with Gasteiger partial charge in [-0.15, -0.1) is 0 Å². The molecule has 0 spiro atoms. The first-order valence-corrected chi connectivity index (χ1v) is 4.78. The second kappa shape index (κ2) is 3.03. The molecule has 0 unspecified atom stereocenters. The fourth-order valence-electron chi connectivity index (χ4n) is 1.75. The Morgan fingerprint density at radius 1 is 1.38 bits per heavy atom. The summed E-state index contributed by atoms with van der Waals surface area (Å²) >= 11 is 0. The highest BCUT2D eigenvalue weighted by Gasteiger charge is 2.12. The number of nitrogens with zero attached hydrogens (tertiary/aromatic N) is 3. The van der Waals surface area contributed by atoms with E-state index in [9.17, 15) is 4.79 Å². The standard InChI is InChI=1S/C11H8N4O/c12-11(16)15-5-3-7-8-2-1-4-13-10(8)14-9(7)6-15/h1-6H,(H2,12,16). The van der Waals surface area contributed by atoms with E-state index < -0.39 is 6.03 Å². The first-order chi connectivity index (χ1) is 7.75. The zero-order valence-electron chi connectivity index (χ0n) is 8.29. The van der Waals surface area contributed by atoms with Crippen LogP contribution in [0.3, 0.4) is 0 Å². The zero-order valence-corrected chi connectivity index (χ0v) is 8.29. The molecule has 5 heteroatoms. The van der Waals surface area contributed by atoms with E-state index >= 15 is 0 Å². The summed E-state index contributed by atoms with van der Waals surface area (Å²) in [5, 5.41) is 0.981. The molecule has 16 heavy (non-hydrogen) atoms. The molecule has 3 heterocycles. The summed E-state index contributed by atoms with van der Waals surface area (Å²) in [4.78, 5) is 19.5. The molecule has 0 radical (unpaired) electrons. The molecule has 0 saturated carbocycles. The molecular formula is C11H8N4O. The lowest BCUT2D eigenvalue weighted by molar-refractivity contribution is 0.250. The summed E-state index contributed by atoms with van der Waals surface area (Å²) in [6, 6.07) is 5.10. The van der Waals surface area contributed by atoms with Crippen molar-refractivity contribution >= 4 is 17.1 Å². The molecule has 1 aromatic rings. The maximum absolute atomic E-state index is 11.0. The van der Waals surface area contributed by atoms with E-state index in [1.54, 1.807) is 18.6 Å². The number of primary amides is 1. The summed E-state index contributed by atoms with van der Waals surface area (Å²) in [5.74, 6) is 0. The van der Waals surface area contributed by atoms with Crippen molar-refractivity contribution in [3.8, 4) is 11.3 Å². The van der Waals surface area contributed by atoms with E-state index in [1.165, 1.54) is 4.57 Å². The fraction of sp³-hybridized carbons (Fsp3) is 0. The highest BCUT2D eigenvalue weighted by atomic mass is 16.2. The minimum absolute atomic E-state index is 0.526. The number of carbonyl (C=O) groups is 1. The number of pyridine rings is 2. The molecule has 0 aliphatic carbocycles. The lowest BCUT2D eigenvalue weighted by Gasteiger charge is -2.03. The van der Waals surface area contributed by atoms with Gasteiger partial charge in [-0.25, -0.2) is 14.8 Å². The second-order valence-corrected chi connectivity index (χ2v) is 3.48. The lowest BCUT2D eigenvalue weighted by Crippen LogP contribution is -2.19. The number of aromatic nitrogens is 3. The van der Waals surface area contributed by atoms with Crippen molar-refractivity contribution in [3.63, 3.8) is 0 Å². The third-order valence-electron chi connectivity index (χ3n) is 2.50. The molecule has 0 bridgehead atoms. The number of hydrogen-bond donors (Lipinski definition) is 1. The van der Waals surface area contributed by atoms with Crippen LogP contribution in [0.5, 0.6) is 0 Å². The van der Waals surface area contributed by atoms with E-state index in [0.29, 0.717) is 5.65 Å². The Kier molecular flexibility index (Phi) is 1.67. The Morgan fingerprint density at radius 3 is 3.06 bits per heavy atom. The van der Waals surface area contributed by atoms with Gasteiger partial charge in [0.05, 0.1) is 5.69 Å². The van der Waals surface area contributed by atoms with Gasteiger partial charge in [-0.2, -0.15) is 0 Å². The number of fused-ring (bicyclic) bond motifs is 3. The van der Waals surface area contributed by atoms with Crippen molar-refractivity contribution in [1.82, 2.24) is 14.5 Å². The van der Waals surface area contributed by atoms with Gasteiger partial charge in [0.2, 0.25) is 0 Å². The lowest BCUT2D eigenvalue weighted by atomic mass is 10.1. The average Bonchev–Trinajstić information content (AvgIpc) is 2.66. The summed E-state index contributed by atoms with van der Waals surface area (Å²) in [6.07, 6.45) is 4.93. The molecule has 2 N–H and O–H groups in total. The highest BCUT2D eigenvalue weighted by molar-refractivity contribution is 5.95. The van der Waals surface area contributed by atoms with Crippen LogP contribution in [0.2, 0.25) is 0 Å². The number of rotatable bonds is 0. The van der Waals surface area contributed by atoms with Crippen LogP contribution in [0.15, 0.2) is 36.8 Å². The maximum Gasteiger partial charge on any atom is 0.322 e. The van der Waals surface area contributed by atoms with Crippen LogP contribution in [0, 0.1) is 0 Å². The average molecular weight is 212 g/mol. The van der Waals surface area contributed by atoms with Gasteiger partial charge >= 0.3 is 6.03 Å². The van der Waals surface area contributed by atoms with Crippen LogP contribution in [-0.2, 0) is 0 Å². The molecule has 0 saturated heterocycles. The quantitative estimate of drug-likeness (QED) is 0.613. The van der Waals surface area contributed by atoms with E-state index in [4.69, 9.17) is 5.73 Å². The van der Waals surface area contributed by atoms with E-state index in [0.717, 1.165) is 16.6 Å². The van der Waals surface area contributed by atoms with Crippen LogP contribution in [0.1, 0.15) is 0 Å². The van der Waals surface area contributed by atoms with Crippen LogP contribution >= 0.6 is 0 Å². The van der Waals surface area contributed by atoms with Crippen LogP contribution < -0.4 is 5.73 Å². The first kappa shape index (κ1) is 8.84. The van der Waals surface area contributed by atoms with Crippen molar-refractivity contribution in [3.05, 3.63) is 36.8 Å². The molecule has 1 amide bonds. The minimum Gasteiger partial charge on any atom is -0.351 e. The van der Waals surface area contributed by atoms with Crippen molar-refractivity contribution in [2.24, 2.45) is 5.73 Å². The van der Waals surface area contributed by atoms with Gasteiger partial charge in [0.15, 0.2) is 5.65 Å². The number of hydrogen-bond acceptors (Lipinski definition) is 3. The van der Waals surface area contributed by atoms with Gasteiger partial charge in [-0.3, -0.25) is 4.57 Å². The molecule has 1 aromatic heterocycles. The third kappa shape index (κ3) is 1.15. The monoisotopic (exact) mass is 212 g/mol. The molecule has 0 atom stereocenters. The molecule has 0 fully saturated rings. The Labute approximate surface area is 90.9 Å². The van der Waals surface area contributed by atoms with Crippen molar-refractivity contribution in [1.29, 1.82) is 0 Å². The third-order valence-corrected chi connectivity index (χ3v) is 2.50. The van der Waals surface area contributed by atoms with Gasteiger partial charge in [-0.1, -0.05) is 0 Å². The topological polar surface area (TPSA) is 73.8 Å². The van der Waals surface area contributed by atoms with E-state index in [-0.39, 0.29) is 0 Å². The Balaban J connectivity index is 2.37. The summed E-state index contributed by atoms with van der Waals surface area (Å²) in [5.41, 5.74) is 7.55. The predicted molar refractivity (Wildman–Crippen MR) is 59.1 cm³/mol.